The Morgan fingerprint density at radius 1 is 1.26 bits per heavy atom. The van der Waals surface area contributed by atoms with Crippen molar-refractivity contribution in [1.29, 1.82) is 0 Å². The molecule has 0 aliphatic carbocycles. The lowest BCUT2D eigenvalue weighted by Gasteiger charge is -2.08. The molecule has 1 aromatic carbocycles. The number of carboxylic acid groups (broad SMARTS) is 1. The third kappa shape index (κ3) is 5.87. The van der Waals surface area contributed by atoms with Crippen molar-refractivity contribution in [3.05, 3.63) is 35.4 Å². The highest BCUT2D eigenvalue weighted by molar-refractivity contribution is 5.73. The summed E-state index contributed by atoms with van der Waals surface area (Å²) in [6.45, 7) is 4.00. The normalized spacial score (nSPS) is 10.3. The van der Waals surface area contributed by atoms with E-state index in [1.807, 2.05) is 29.7 Å². The van der Waals surface area contributed by atoms with Crippen molar-refractivity contribution in [3.8, 4) is 0 Å². The molecule has 6 heteroatoms. The minimum Gasteiger partial charge on any atom is -0.479 e. The molecular formula is C13H18N2O4. The molecule has 0 atom stereocenters. The molecule has 1 rings (SSSR count). The van der Waals surface area contributed by atoms with Gasteiger partial charge in [0.05, 0.1) is 0 Å². The van der Waals surface area contributed by atoms with E-state index in [2.05, 4.69) is 24.0 Å². The van der Waals surface area contributed by atoms with Crippen LogP contribution >= 0.6 is 0 Å². The summed E-state index contributed by atoms with van der Waals surface area (Å²) in [6, 6.07) is 7.33. The van der Waals surface area contributed by atoms with Crippen molar-refractivity contribution >= 4 is 12.0 Å². The van der Waals surface area contributed by atoms with E-state index < -0.39 is 18.6 Å². The highest BCUT2D eigenvalue weighted by Crippen LogP contribution is 2.14. The molecule has 3 N–H and O–H groups in total. The molecule has 1 aromatic rings. The number of benzene rings is 1. The van der Waals surface area contributed by atoms with Gasteiger partial charge in [-0.25, -0.2) is 15.1 Å². The maximum atomic E-state index is 11.2. The fourth-order valence-corrected chi connectivity index (χ4v) is 1.40. The van der Waals surface area contributed by atoms with Crippen molar-refractivity contribution in [1.82, 2.24) is 10.8 Å². The van der Waals surface area contributed by atoms with Gasteiger partial charge in [0.15, 0.2) is 6.61 Å². The Kier molecular flexibility index (Phi) is 5.81. The summed E-state index contributed by atoms with van der Waals surface area (Å²) in [5.41, 5.74) is 4.17. The first-order valence-electron chi connectivity index (χ1n) is 5.95. The van der Waals surface area contributed by atoms with Crippen LogP contribution in [0.4, 0.5) is 4.79 Å². The van der Waals surface area contributed by atoms with Gasteiger partial charge in [0, 0.05) is 6.54 Å². The van der Waals surface area contributed by atoms with Crippen LogP contribution in [-0.2, 0) is 16.2 Å². The Bertz CT molecular complexity index is 429. The lowest BCUT2D eigenvalue weighted by atomic mass is 10.0. The summed E-state index contributed by atoms with van der Waals surface area (Å²) in [6.07, 6.45) is 0. The van der Waals surface area contributed by atoms with Crippen LogP contribution in [0.5, 0.6) is 0 Å². The molecule has 0 radical (unpaired) electrons. The van der Waals surface area contributed by atoms with Crippen LogP contribution in [-0.4, -0.2) is 23.7 Å². The summed E-state index contributed by atoms with van der Waals surface area (Å²) in [4.78, 5) is 25.8. The minimum absolute atomic E-state index is 0.348. The van der Waals surface area contributed by atoms with Gasteiger partial charge in [0.1, 0.15) is 0 Å². The van der Waals surface area contributed by atoms with E-state index in [1.165, 1.54) is 5.56 Å². The lowest BCUT2D eigenvalue weighted by Crippen LogP contribution is -2.36. The number of rotatable bonds is 6. The predicted octanol–water partition coefficient (Wildman–Crippen LogP) is 1.63. The molecular weight excluding hydrogens is 248 g/mol. The summed E-state index contributed by atoms with van der Waals surface area (Å²) in [7, 11) is 0. The molecule has 6 nitrogen and oxygen atoms in total. The quantitative estimate of drug-likeness (QED) is 0.683. The maximum Gasteiger partial charge on any atom is 0.338 e. The monoisotopic (exact) mass is 266 g/mol. The summed E-state index contributed by atoms with van der Waals surface area (Å²) in [5, 5.41) is 10.9. The summed E-state index contributed by atoms with van der Waals surface area (Å²) in [5.74, 6) is -0.681. The fraction of sp³-hybridized carbons (Fsp3) is 0.385. The first kappa shape index (κ1) is 15.0. The van der Waals surface area contributed by atoms with Gasteiger partial charge >= 0.3 is 12.0 Å². The average Bonchev–Trinajstić information content (AvgIpc) is 2.36. The lowest BCUT2D eigenvalue weighted by molar-refractivity contribution is -0.144. The molecule has 0 saturated heterocycles. The van der Waals surface area contributed by atoms with Crippen LogP contribution in [0.15, 0.2) is 24.3 Å². The Labute approximate surface area is 111 Å². The van der Waals surface area contributed by atoms with Gasteiger partial charge in [0.2, 0.25) is 0 Å². The second-order valence-corrected chi connectivity index (χ2v) is 4.36. The Hall–Kier alpha value is -2.08. The van der Waals surface area contributed by atoms with Crippen molar-refractivity contribution in [2.24, 2.45) is 0 Å². The molecule has 19 heavy (non-hydrogen) atoms. The van der Waals surface area contributed by atoms with Gasteiger partial charge in [-0.05, 0) is 17.0 Å². The molecule has 0 spiro atoms. The number of hydroxylamine groups is 1. The van der Waals surface area contributed by atoms with Crippen molar-refractivity contribution in [2.75, 3.05) is 6.61 Å². The van der Waals surface area contributed by atoms with Crippen LogP contribution < -0.4 is 10.8 Å². The third-order valence-electron chi connectivity index (χ3n) is 2.46. The number of amides is 2. The van der Waals surface area contributed by atoms with E-state index in [0.717, 1.165) is 5.56 Å². The maximum absolute atomic E-state index is 11.2. The molecule has 0 saturated carbocycles. The zero-order valence-electron chi connectivity index (χ0n) is 11.0. The third-order valence-corrected chi connectivity index (χ3v) is 2.46. The van der Waals surface area contributed by atoms with Gasteiger partial charge in [0.25, 0.3) is 0 Å². The number of aliphatic carboxylic acids is 1. The molecule has 0 aromatic heterocycles. The van der Waals surface area contributed by atoms with E-state index in [0.29, 0.717) is 12.5 Å². The van der Waals surface area contributed by atoms with E-state index in [1.54, 1.807) is 0 Å². The van der Waals surface area contributed by atoms with Crippen LogP contribution in [0, 0.1) is 0 Å². The van der Waals surface area contributed by atoms with Gasteiger partial charge < -0.3 is 10.4 Å². The molecule has 0 fully saturated rings. The van der Waals surface area contributed by atoms with Crippen molar-refractivity contribution in [3.63, 3.8) is 0 Å². The second kappa shape index (κ2) is 7.38. The SMILES string of the molecule is CC(C)c1ccc(CNC(=O)NOCC(=O)O)cc1. The van der Waals surface area contributed by atoms with Crippen LogP contribution in [0.25, 0.3) is 0 Å². The van der Waals surface area contributed by atoms with Crippen molar-refractivity contribution in [2.45, 2.75) is 26.3 Å². The van der Waals surface area contributed by atoms with Crippen LogP contribution in [0.3, 0.4) is 0 Å². The standard InChI is InChI=1S/C13H18N2O4/c1-9(2)11-5-3-10(4-6-11)7-14-13(18)15-19-8-12(16)17/h3-6,9H,7-8H2,1-2H3,(H,16,17)(H2,14,15,18). The zero-order valence-corrected chi connectivity index (χ0v) is 11.0. The van der Waals surface area contributed by atoms with E-state index in [9.17, 15) is 9.59 Å². The molecule has 104 valence electrons. The molecule has 0 aliphatic rings. The summed E-state index contributed by atoms with van der Waals surface area (Å²) >= 11 is 0. The highest BCUT2D eigenvalue weighted by Gasteiger charge is 2.03. The number of hydrogen-bond acceptors (Lipinski definition) is 3. The highest BCUT2D eigenvalue weighted by atomic mass is 16.7. The average molecular weight is 266 g/mol. The van der Waals surface area contributed by atoms with E-state index >= 15 is 0 Å². The molecule has 0 unspecified atom stereocenters. The number of urea groups is 1. The van der Waals surface area contributed by atoms with Gasteiger partial charge in [-0.15, -0.1) is 0 Å². The summed E-state index contributed by atoms with van der Waals surface area (Å²) < 4.78 is 0. The number of hydrogen-bond donors (Lipinski definition) is 3. The number of carbonyl (C=O) groups is 2. The van der Waals surface area contributed by atoms with E-state index in [-0.39, 0.29) is 0 Å². The van der Waals surface area contributed by atoms with Gasteiger partial charge in [-0.3, -0.25) is 4.84 Å². The zero-order chi connectivity index (χ0) is 14.3. The fourth-order valence-electron chi connectivity index (χ4n) is 1.40. The Balaban J connectivity index is 2.31. The molecule has 0 heterocycles. The number of carbonyl (C=O) groups excluding carboxylic acids is 1. The first-order chi connectivity index (χ1) is 8.99. The second-order valence-electron chi connectivity index (χ2n) is 4.36. The Morgan fingerprint density at radius 2 is 1.89 bits per heavy atom. The number of carboxylic acids is 1. The van der Waals surface area contributed by atoms with Crippen LogP contribution in [0.1, 0.15) is 30.9 Å². The van der Waals surface area contributed by atoms with Gasteiger partial charge in [-0.2, -0.15) is 0 Å². The molecule has 0 aliphatic heterocycles. The first-order valence-corrected chi connectivity index (χ1v) is 5.95. The number of nitrogens with one attached hydrogen (secondary N) is 2. The topological polar surface area (TPSA) is 87.7 Å². The minimum atomic E-state index is -1.15. The smallest absolute Gasteiger partial charge is 0.338 e. The Morgan fingerprint density at radius 3 is 2.42 bits per heavy atom. The van der Waals surface area contributed by atoms with Crippen molar-refractivity contribution < 1.29 is 19.5 Å². The predicted molar refractivity (Wildman–Crippen MR) is 69.5 cm³/mol. The van der Waals surface area contributed by atoms with E-state index in [4.69, 9.17) is 5.11 Å². The largest absolute Gasteiger partial charge is 0.479 e. The molecule has 0 bridgehead atoms. The van der Waals surface area contributed by atoms with Gasteiger partial charge in [-0.1, -0.05) is 38.1 Å². The van der Waals surface area contributed by atoms with Crippen LogP contribution in [0.2, 0.25) is 0 Å². The molecule has 2 amide bonds.